The average molecular weight is 370 g/mol. The van der Waals surface area contributed by atoms with Crippen LogP contribution in [0.25, 0.3) is 0 Å². The van der Waals surface area contributed by atoms with Gasteiger partial charge in [0.05, 0.1) is 6.54 Å². The number of nitrogens with one attached hydrogen (secondary N) is 1. The van der Waals surface area contributed by atoms with Crippen molar-refractivity contribution in [2.24, 2.45) is 0 Å². The quantitative estimate of drug-likeness (QED) is 0.774. The van der Waals surface area contributed by atoms with E-state index in [9.17, 15) is 4.79 Å². The number of nitrogens with zero attached hydrogens (tertiary/aromatic N) is 1. The van der Waals surface area contributed by atoms with Gasteiger partial charge in [-0.3, -0.25) is 9.69 Å². The fourth-order valence-electron chi connectivity index (χ4n) is 2.80. The third kappa shape index (κ3) is 5.62. The summed E-state index contributed by atoms with van der Waals surface area (Å²) in [6.07, 6.45) is 0. The highest BCUT2D eigenvalue weighted by molar-refractivity contribution is 5.92. The number of ether oxygens (including phenoxy) is 3. The van der Waals surface area contributed by atoms with Crippen molar-refractivity contribution in [3.8, 4) is 17.2 Å². The Morgan fingerprint density at radius 3 is 2.59 bits per heavy atom. The van der Waals surface area contributed by atoms with Crippen molar-refractivity contribution in [2.75, 3.05) is 44.8 Å². The van der Waals surface area contributed by atoms with E-state index in [0.717, 1.165) is 12.3 Å². The minimum absolute atomic E-state index is 0.0659. The Morgan fingerprint density at radius 1 is 1.11 bits per heavy atom. The molecule has 0 aliphatic carbocycles. The van der Waals surface area contributed by atoms with E-state index in [-0.39, 0.29) is 5.91 Å². The van der Waals surface area contributed by atoms with Crippen molar-refractivity contribution < 1.29 is 19.0 Å². The summed E-state index contributed by atoms with van der Waals surface area (Å²) < 4.78 is 16.8. The lowest BCUT2D eigenvalue weighted by atomic mass is 10.2. The summed E-state index contributed by atoms with van der Waals surface area (Å²) in [7, 11) is 0. The van der Waals surface area contributed by atoms with Crippen LogP contribution in [0.1, 0.15) is 12.5 Å². The van der Waals surface area contributed by atoms with Gasteiger partial charge in [-0.2, -0.15) is 0 Å². The Morgan fingerprint density at radius 2 is 1.85 bits per heavy atom. The molecule has 2 aromatic rings. The van der Waals surface area contributed by atoms with Crippen molar-refractivity contribution in [2.45, 2.75) is 13.8 Å². The summed E-state index contributed by atoms with van der Waals surface area (Å²) in [5, 5.41) is 2.91. The summed E-state index contributed by atoms with van der Waals surface area (Å²) in [5.41, 5.74) is 1.91. The molecule has 0 unspecified atom stereocenters. The molecule has 27 heavy (non-hydrogen) atoms. The summed E-state index contributed by atoms with van der Waals surface area (Å²) in [6, 6.07) is 13.4. The second-order valence-electron chi connectivity index (χ2n) is 6.44. The molecule has 0 atom stereocenters. The first-order chi connectivity index (χ1) is 13.1. The molecule has 6 heteroatoms. The van der Waals surface area contributed by atoms with Gasteiger partial charge in [0.25, 0.3) is 0 Å². The molecule has 1 N–H and O–H groups in total. The minimum Gasteiger partial charge on any atom is -0.492 e. The number of aryl methyl sites for hydroxylation is 1. The molecular weight excluding hydrogens is 344 g/mol. The maximum absolute atomic E-state index is 12.4. The molecule has 0 radical (unpaired) electrons. The third-order valence-corrected chi connectivity index (χ3v) is 4.34. The molecular formula is C21H26N2O4. The predicted octanol–water partition coefficient (Wildman–Crippen LogP) is 3.11. The van der Waals surface area contributed by atoms with Crippen molar-refractivity contribution >= 4 is 11.6 Å². The van der Waals surface area contributed by atoms with Crippen molar-refractivity contribution in [1.82, 2.24) is 4.90 Å². The number of hydrogen-bond acceptors (Lipinski definition) is 5. The van der Waals surface area contributed by atoms with Crippen molar-refractivity contribution in [3.63, 3.8) is 0 Å². The topological polar surface area (TPSA) is 60.0 Å². The van der Waals surface area contributed by atoms with Crippen molar-refractivity contribution in [1.29, 1.82) is 0 Å². The summed E-state index contributed by atoms with van der Waals surface area (Å²) >= 11 is 0. The van der Waals surface area contributed by atoms with E-state index < -0.39 is 0 Å². The highest BCUT2D eigenvalue weighted by Gasteiger charge is 2.14. The van der Waals surface area contributed by atoms with Crippen LogP contribution in [-0.2, 0) is 4.79 Å². The largest absolute Gasteiger partial charge is 0.492 e. The second-order valence-corrected chi connectivity index (χ2v) is 6.44. The number of likely N-dealkylation sites (N-methyl/N-ethyl adjacent to an activating group) is 1. The van der Waals surface area contributed by atoms with Gasteiger partial charge >= 0.3 is 0 Å². The molecule has 0 bridgehead atoms. The van der Waals surface area contributed by atoms with Crippen LogP contribution in [0.4, 0.5) is 5.69 Å². The first-order valence-corrected chi connectivity index (χ1v) is 9.25. The number of fused-ring (bicyclic) bond motifs is 1. The molecule has 1 amide bonds. The van der Waals surface area contributed by atoms with Gasteiger partial charge in [0, 0.05) is 18.3 Å². The van der Waals surface area contributed by atoms with Crippen LogP contribution in [0.5, 0.6) is 17.2 Å². The molecule has 0 aromatic heterocycles. The summed E-state index contributed by atoms with van der Waals surface area (Å²) in [4.78, 5) is 14.4. The lowest BCUT2D eigenvalue weighted by molar-refractivity contribution is -0.117. The fourth-order valence-corrected chi connectivity index (χ4v) is 2.80. The number of carbonyl (C=O) groups is 1. The lowest BCUT2D eigenvalue weighted by Gasteiger charge is -2.21. The summed E-state index contributed by atoms with van der Waals surface area (Å²) in [5.74, 6) is 2.15. The molecule has 2 aromatic carbocycles. The van der Waals surface area contributed by atoms with Crippen LogP contribution in [0, 0.1) is 6.92 Å². The van der Waals surface area contributed by atoms with Gasteiger partial charge in [-0.15, -0.1) is 0 Å². The molecule has 0 saturated heterocycles. The van der Waals surface area contributed by atoms with E-state index in [0.29, 0.717) is 50.1 Å². The van der Waals surface area contributed by atoms with E-state index in [4.69, 9.17) is 14.2 Å². The number of amides is 1. The van der Waals surface area contributed by atoms with Gasteiger partial charge in [-0.1, -0.05) is 24.6 Å². The maximum atomic E-state index is 12.4. The maximum Gasteiger partial charge on any atom is 0.238 e. The van der Waals surface area contributed by atoms with Crippen molar-refractivity contribution in [3.05, 3.63) is 48.0 Å². The molecule has 1 aliphatic rings. The first kappa shape index (κ1) is 19.0. The van der Waals surface area contributed by atoms with Gasteiger partial charge in [0.1, 0.15) is 25.6 Å². The Hall–Kier alpha value is -2.73. The van der Waals surface area contributed by atoms with E-state index in [1.807, 2.05) is 55.1 Å². The van der Waals surface area contributed by atoms with Gasteiger partial charge in [0.2, 0.25) is 5.91 Å². The standard InChI is InChI=1S/C21H26N2O4/c1-3-23(10-11-25-18-7-4-16(2)5-8-18)15-21(24)22-17-6-9-19-20(14-17)27-13-12-26-19/h4-9,14H,3,10-13,15H2,1-2H3,(H,22,24). The van der Waals surface area contributed by atoms with Gasteiger partial charge in [-0.25, -0.2) is 0 Å². The molecule has 144 valence electrons. The van der Waals surface area contributed by atoms with Crippen LogP contribution in [0.2, 0.25) is 0 Å². The van der Waals surface area contributed by atoms with E-state index in [1.54, 1.807) is 6.07 Å². The van der Waals surface area contributed by atoms with E-state index in [2.05, 4.69) is 5.32 Å². The Kier molecular flexibility index (Phi) is 6.54. The van der Waals surface area contributed by atoms with Crippen LogP contribution in [0.15, 0.2) is 42.5 Å². The van der Waals surface area contributed by atoms with Gasteiger partial charge < -0.3 is 19.5 Å². The zero-order chi connectivity index (χ0) is 19.1. The van der Waals surface area contributed by atoms with Gasteiger partial charge in [0.15, 0.2) is 11.5 Å². The number of benzene rings is 2. The molecule has 3 rings (SSSR count). The third-order valence-electron chi connectivity index (χ3n) is 4.34. The number of rotatable bonds is 8. The number of hydrogen-bond donors (Lipinski definition) is 1. The zero-order valence-corrected chi connectivity index (χ0v) is 15.9. The van der Waals surface area contributed by atoms with Crippen LogP contribution < -0.4 is 19.5 Å². The second kappa shape index (κ2) is 9.28. The van der Waals surface area contributed by atoms with E-state index >= 15 is 0 Å². The summed E-state index contributed by atoms with van der Waals surface area (Å²) in [6.45, 7) is 7.44. The van der Waals surface area contributed by atoms with Crippen LogP contribution in [0.3, 0.4) is 0 Å². The zero-order valence-electron chi connectivity index (χ0n) is 15.9. The molecule has 1 heterocycles. The Labute approximate surface area is 160 Å². The molecule has 0 spiro atoms. The molecule has 0 fully saturated rings. The SMILES string of the molecule is CCN(CCOc1ccc(C)cc1)CC(=O)Nc1ccc2c(c1)OCCO2. The molecule has 6 nitrogen and oxygen atoms in total. The van der Waals surface area contributed by atoms with E-state index in [1.165, 1.54) is 5.56 Å². The Bertz CT molecular complexity index is 761. The highest BCUT2D eigenvalue weighted by atomic mass is 16.6. The molecule has 1 aliphatic heterocycles. The number of anilines is 1. The minimum atomic E-state index is -0.0659. The first-order valence-electron chi connectivity index (χ1n) is 9.25. The normalized spacial score (nSPS) is 12.7. The van der Waals surface area contributed by atoms with Gasteiger partial charge in [-0.05, 0) is 37.7 Å². The average Bonchev–Trinajstić information content (AvgIpc) is 2.68. The van der Waals surface area contributed by atoms with Crippen LogP contribution >= 0.6 is 0 Å². The lowest BCUT2D eigenvalue weighted by Crippen LogP contribution is -2.36. The smallest absolute Gasteiger partial charge is 0.238 e. The highest BCUT2D eigenvalue weighted by Crippen LogP contribution is 2.32. The predicted molar refractivity (Wildman–Crippen MR) is 105 cm³/mol. The molecule has 0 saturated carbocycles. The monoisotopic (exact) mass is 370 g/mol. The van der Waals surface area contributed by atoms with Crippen LogP contribution in [-0.4, -0.2) is 50.3 Å². The Balaban J connectivity index is 1.46. The fraction of sp³-hybridized carbons (Fsp3) is 0.381. The number of carbonyl (C=O) groups excluding carboxylic acids is 1.